The third-order valence-corrected chi connectivity index (χ3v) is 0. The Kier molecular flexibility index (Phi) is 123. The first-order valence-electron chi connectivity index (χ1n) is 0.447. The van der Waals surface area contributed by atoms with Crippen LogP contribution >= 0.6 is 29.6 Å². The van der Waals surface area contributed by atoms with Crippen LogP contribution in [-0.4, -0.2) is 6.26 Å². The molecule has 0 rings (SSSR count). The average molecular weight is 193 g/mol. The Balaban J connectivity index is -0.00000000500. The van der Waals surface area contributed by atoms with E-state index in [2.05, 4.69) is 12.6 Å². The Labute approximate surface area is 53.0 Å². The molecule has 0 aliphatic carbocycles. The van der Waals surface area contributed by atoms with Crippen LogP contribution in [0.25, 0.3) is 0 Å². The Morgan fingerprint density at radius 1 is 1.25 bits per heavy atom. The minimum atomic E-state index is 0. The number of thiol groups is 1. The summed E-state index contributed by atoms with van der Waals surface area (Å²) in [7, 11) is 0. The van der Waals surface area contributed by atoms with Crippen molar-refractivity contribution in [1.82, 2.24) is 0 Å². The van der Waals surface area contributed by atoms with E-state index in [-0.39, 0.29) is 34.1 Å². The topological polar surface area (TPSA) is 0 Å². The van der Waals surface area contributed by atoms with Gasteiger partial charge in [0.25, 0.3) is 0 Å². The number of hydrogen-bond acceptors (Lipinski definition) is 1. The summed E-state index contributed by atoms with van der Waals surface area (Å²) in [4.78, 5) is 0. The minimum absolute atomic E-state index is 0. The van der Waals surface area contributed by atoms with Crippen LogP contribution in [0.4, 0.5) is 0 Å². The average Bonchev–Trinajstić information content (AvgIpc) is 1.00. The molecule has 0 aromatic carbocycles. The third kappa shape index (κ3) is 10.2. The first-order valence-corrected chi connectivity index (χ1v) is 1.34. The van der Waals surface area contributed by atoms with E-state index in [4.69, 9.17) is 0 Å². The van der Waals surface area contributed by atoms with E-state index in [1.165, 1.54) is 0 Å². The van der Waals surface area contributed by atoms with Crippen molar-refractivity contribution in [2.24, 2.45) is 0 Å². The molecule has 0 atom stereocenters. The van der Waals surface area contributed by atoms with Crippen molar-refractivity contribution in [3.63, 3.8) is 0 Å². The molecule has 0 amide bonds. The number of hydrogen-bond donors (Lipinski definition) is 1. The maximum Gasteiger partial charge on any atom is 0 e. The van der Waals surface area contributed by atoms with Gasteiger partial charge < -0.3 is 0 Å². The maximum absolute atomic E-state index is 3.53. The van der Waals surface area contributed by atoms with Crippen LogP contribution < -0.4 is 0 Å². The molecule has 0 heterocycles. The van der Waals surface area contributed by atoms with E-state index in [1.807, 2.05) is 0 Å². The smallest absolute Gasteiger partial charge is 0 e. The standard InChI is InChI=1S/CH4S.BrH.Cu/c1-2;;/h2H,1H3;1H;. The Bertz CT molecular complexity index is 8.00. The zero-order valence-electron chi connectivity index (χ0n) is 2.16. The van der Waals surface area contributed by atoms with Crippen molar-refractivity contribution in [2.75, 3.05) is 6.26 Å². The summed E-state index contributed by atoms with van der Waals surface area (Å²) in [6, 6.07) is 0. The van der Waals surface area contributed by atoms with Crippen LogP contribution in [-0.2, 0) is 17.1 Å². The first-order chi connectivity index (χ1) is 1.00. The van der Waals surface area contributed by atoms with Crippen molar-refractivity contribution in [2.45, 2.75) is 0 Å². The summed E-state index contributed by atoms with van der Waals surface area (Å²) >= 11 is 3.53. The largest absolute Gasteiger partial charge is 0.183 e. The fourth-order valence-corrected chi connectivity index (χ4v) is 0. The molecule has 4 heavy (non-hydrogen) atoms. The normalized spacial score (nSPS) is 1.50. The van der Waals surface area contributed by atoms with Gasteiger partial charge in [-0.15, -0.1) is 17.0 Å². The molecule has 0 aliphatic rings. The predicted molar refractivity (Wildman–Crippen MR) is 25.2 cm³/mol. The maximum atomic E-state index is 3.53. The van der Waals surface area contributed by atoms with Gasteiger partial charge in [0.1, 0.15) is 0 Å². The van der Waals surface area contributed by atoms with Gasteiger partial charge in [-0.1, -0.05) is 0 Å². The molecule has 0 N–H and O–H groups in total. The molecular weight excluding hydrogens is 188 g/mol. The molecule has 0 aliphatic heterocycles. The van der Waals surface area contributed by atoms with E-state index >= 15 is 0 Å². The van der Waals surface area contributed by atoms with Crippen LogP contribution in [0.3, 0.4) is 0 Å². The second-order valence-corrected chi connectivity index (χ2v) is 0. The molecule has 0 aromatic heterocycles. The van der Waals surface area contributed by atoms with Gasteiger partial charge in [-0.05, 0) is 6.26 Å². The van der Waals surface area contributed by atoms with E-state index in [1.54, 1.807) is 6.26 Å². The van der Waals surface area contributed by atoms with Gasteiger partial charge in [-0.25, -0.2) is 0 Å². The van der Waals surface area contributed by atoms with Crippen LogP contribution in [0.1, 0.15) is 0 Å². The van der Waals surface area contributed by atoms with Gasteiger partial charge in [0.2, 0.25) is 0 Å². The molecule has 0 nitrogen and oxygen atoms in total. The fourth-order valence-electron chi connectivity index (χ4n) is 0. The molecule has 0 saturated carbocycles. The van der Waals surface area contributed by atoms with E-state index in [0.717, 1.165) is 0 Å². The molecule has 0 saturated heterocycles. The zero-order valence-corrected chi connectivity index (χ0v) is 5.71. The summed E-state index contributed by atoms with van der Waals surface area (Å²) in [5.74, 6) is 0. The van der Waals surface area contributed by atoms with Crippen LogP contribution in [0.2, 0.25) is 0 Å². The van der Waals surface area contributed by atoms with Crippen molar-refractivity contribution in [1.29, 1.82) is 0 Å². The molecule has 0 bridgehead atoms. The third-order valence-electron chi connectivity index (χ3n) is 0. The Hall–Kier alpha value is 1.35. The summed E-state index contributed by atoms with van der Waals surface area (Å²) in [6.45, 7) is 0. The van der Waals surface area contributed by atoms with Gasteiger partial charge in [0.05, 0.1) is 0 Å². The Morgan fingerprint density at radius 2 is 1.25 bits per heavy atom. The second kappa shape index (κ2) is 26.8. The van der Waals surface area contributed by atoms with Crippen LogP contribution in [0.5, 0.6) is 0 Å². The van der Waals surface area contributed by atoms with Gasteiger partial charge in [0.15, 0.2) is 0 Å². The molecule has 0 fully saturated rings. The molecular formula is CH5BrCuS. The second-order valence-electron chi connectivity index (χ2n) is 0. The summed E-state index contributed by atoms with van der Waals surface area (Å²) in [5, 5.41) is 0. The van der Waals surface area contributed by atoms with Gasteiger partial charge in [-0.3, -0.25) is 0 Å². The van der Waals surface area contributed by atoms with Crippen molar-refractivity contribution in [3.8, 4) is 0 Å². The van der Waals surface area contributed by atoms with Gasteiger partial charge >= 0.3 is 0 Å². The van der Waals surface area contributed by atoms with Crippen molar-refractivity contribution >= 4 is 29.6 Å². The monoisotopic (exact) mass is 191 g/mol. The van der Waals surface area contributed by atoms with Crippen LogP contribution in [0.15, 0.2) is 0 Å². The molecule has 3 heteroatoms. The van der Waals surface area contributed by atoms with E-state index in [0.29, 0.717) is 0 Å². The molecule has 0 unspecified atom stereocenters. The summed E-state index contributed by atoms with van der Waals surface area (Å²) in [6.07, 6.45) is 1.69. The SMILES string of the molecule is Br.CS.[Cu]. The number of rotatable bonds is 0. The first kappa shape index (κ1) is 18.3. The minimum Gasteiger partial charge on any atom is -0.183 e. The Morgan fingerprint density at radius 3 is 1.25 bits per heavy atom. The summed E-state index contributed by atoms with van der Waals surface area (Å²) < 4.78 is 0. The van der Waals surface area contributed by atoms with E-state index < -0.39 is 0 Å². The van der Waals surface area contributed by atoms with Crippen molar-refractivity contribution < 1.29 is 17.1 Å². The molecule has 0 spiro atoms. The fraction of sp³-hybridized carbons (Fsp3) is 1.00. The van der Waals surface area contributed by atoms with Crippen molar-refractivity contribution in [3.05, 3.63) is 0 Å². The van der Waals surface area contributed by atoms with E-state index in [9.17, 15) is 0 Å². The number of halogens is 1. The quantitative estimate of drug-likeness (QED) is 0.432. The van der Waals surface area contributed by atoms with Crippen LogP contribution in [0, 0.1) is 0 Å². The molecule has 0 aromatic rings. The zero-order chi connectivity index (χ0) is 2.00. The summed E-state index contributed by atoms with van der Waals surface area (Å²) in [5.41, 5.74) is 0. The molecule has 33 valence electrons. The molecule has 1 radical (unpaired) electrons. The van der Waals surface area contributed by atoms with Gasteiger partial charge in [0, 0.05) is 17.1 Å². The predicted octanol–water partition coefficient (Wildman–Crippen LogP) is 1.12. The van der Waals surface area contributed by atoms with Gasteiger partial charge in [-0.2, -0.15) is 12.6 Å².